The van der Waals surface area contributed by atoms with Crippen molar-refractivity contribution in [2.45, 2.75) is 6.18 Å². The molecule has 0 bridgehead atoms. The lowest BCUT2D eigenvalue weighted by Crippen LogP contribution is -2.14. The van der Waals surface area contributed by atoms with Crippen molar-refractivity contribution >= 4 is 30.6 Å². The van der Waals surface area contributed by atoms with Gasteiger partial charge in [0, 0.05) is 6.07 Å². The van der Waals surface area contributed by atoms with Crippen molar-refractivity contribution in [3.8, 4) is 0 Å². The van der Waals surface area contributed by atoms with Gasteiger partial charge in [0.25, 0.3) is 5.69 Å². The molecule has 1 rings (SSSR count). The van der Waals surface area contributed by atoms with Gasteiger partial charge in [-0.25, -0.2) is 0 Å². The first-order valence-corrected chi connectivity index (χ1v) is 3.92. The summed E-state index contributed by atoms with van der Waals surface area (Å²) in [4.78, 5) is 9.33. The van der Waals surface area contributed by atoms with E-state index in [9.17, 15) is 23.3 Å². The lowest BCUT2D eigenvalue weighted by molar-refractivity contribution is -0.384. The van der Waals surface area contributed by atoms with E-state index >= 15 is 0 Å². The minimum absolute atomic E-state index is 0.346. The molecule has 0 aliphatic heterocycles. The molecular formula is C7H2BClF3NO2. The monoisotopic (exact) mass is 235 g/mol. The summed E-state index contributed by atoms with van der Waals surface area (Å²) in [5.74, 6) is 0. The van der Waals surface area contributed by atoms with Crippen LogP contribution in [0.5, 0.6) is 0 Å². The van der Waals surface area contributed by atoms with Gasteiger partial charge < -0.3 is 0 Å². The molecule has 0 amide bonds. The summed E-state index contributed by atoms with van der Waals surface area (Å²) >= 11 is 5.38. The molecule has 0 aromatic heterocycles. The highest BCUT2D eigenvalue weighted by molar-refractivity contribution is 6.46. The minimum Gasteiger partial charge on any atom is -0.258 e. The molecule has 0 aliphatic rings. The van der Waals surface area contributed by atoms with Crippen molar-refractivity contribution in [3.05, 3.63) is 32.8 Å². The average molecular weight is 235 g/mol. The number of benzene rings is 1. The van der Waals surface area contributed by atoms with Gasteiger partial charge in [-0.2, -0.15) is 13.2 Å². The molecule has 0 fully saturated rings. The standard InChI is InChI=1S/C7H2BClF3NO2/c8-4-1-3(7(10,11)12)2-5(6(4)9)13(14)15/h1-2H. The Hall–Kier alpha value is -1.24. The molecule has 2 radical (unpaired) electrons. The van der Waals surface area contributed by atoms with Crippen molar-refractivity contribution in [1.29, 1.82) is 0 Å². The van der Waals surface area contributed by atoms with Gasteiger partial charge in [-0.05, 0) is 0 Å². The maximum Gasteiger partial charge on any atom is 0.416 e. The topological polar surface area (TPSA) is 43.1 Å². The normalized spacial score (nSPS) is 11.5. The molecule has 0 aliphatic carbocycles. The number of halogens is 4. The first-order chi connectivity index (χ1) is 6.73. The summed E-state index contributed by atoms with van der Waals surface area (Å²) in [6.45, 7) is 0. The maximum atomic E-state index is 12.2. The molecule has 0 atom stereocenters. The van der Waals surface area contributed by atoms with Gasteiger partial charge in [0.05, 0.1) is 10.5 Å². The van der Waals surface area contributed by atoms with Crippen LogP contribution in [0.1, 0.15) is 5.56 Å². The summed E-state index contributed by atoms with van der Waals surface area (Å²) in [6.07, 6.45) is -4.69. The van der Waals surface area contributed by atoms with E-state index in [0.29, 0.717) is 12.1 Å². The quantitative estimate of drug-likeness (QED) is 0.425. The van der Waals surface area contributed by atoms with E-state index in [1.54, 1.807) is 0 Å². The largest absolute Gasteiger partial charge is 0.416 e. The van der Waals surface area contributed by atoms with Gasteiger partial charge in [0.1, 0.15) is 12.9 Å². The molecule has 1 aromatic carbocycles. The van der Waals surface area contributed by atoms with Crippen LogP contribution in [-0.2, 0) is 6.18 Å². The zero-order chi connectivity index (χ0) is 11.8. The van der Waals surface area contributed by atoms with Crippen LogP contribution in [0.4, 0.5) is 18.9 Å². The summed E-state index contributed by atoms with van der Waals surface area (Å²) in [5.41, 5.74) is -2.53. The van der Waals surface area contributed by atoms with Gasteiger partial charge in [-0.15, -0.1) is 0 Å². The Balaban J connectivity index is 3.43. The third-order valence-electron chi connectivity index (χ3n) is 1.61. The van der Waals surface area contributed by atoms with E-state index in [0.717, 1.165) is 0 Å². The van der Waals surface area contributed by atoms with Crippen LogP contribution in [0.3, 0.4) is 0 Å². The molecule has 1 aromatic rings. The summed E-state index contributed by atoms with van der Waals surface area (Å²) < 4.78 is 36.7. The van der Waals surface area contributed by atoms with Crippen LogP contribution in [0.2, 0.25) is 5.02 Å². The van der Waals surface area contributed by atoms with Crippen LogP contribution in [-0.4, -0.2) is 12.8 Å². The molecule has 15 heavy (non-hydrogen) atoms. The number of alkyl halides is 3. The second kappa shape index (κ2) is 3.73. The molecule has 0 spiro atoms. The van der Waals surface area contributed by atoms with Crippen LogP contribution in [0, 0.1) is 10.1 Å². The lowest BCUT2D eigenvalue weighted by Gasteiger charge is -2.08. The maximum absolute atomic E-state index is 12.2. The molecule has 0 unspecified atom stereocenters. The van der Waals surface area contributed by atoms with E-state index in [4.69, 9.17) is 19.4 Å². The van der Waals surface area contributed by atoms with Crippen molar-refractivity contribution in [1.82, 2.24) is 0 Å². The molecule has 0 N–H and O–H groups in total. The van der Waals surface area contributed by atoms with Gasteiger partial charge in [0.15, 0.2) is 0 Å². The Bertz CT molecular complexity index is 421. The van der Waals surface area contributed by atoms with Crippen LogP contribution in [0.25, 0.3) is 0 Å². The lowest BCUT2D eigenvalue weighted by atomic mass is 9.93. The van der Waals surface area contributed by atoms with Crippen molar-refractivity contribution in [2.75, 3.05) is 0 Å². The van der Waals surface area contributed by atoms with E-state index in [1.165, 1.54) is 0 Å². The number of hydrogen-bond donors (Lipinski definition) is 0. The summed E-state index contributed by atoms with van der Waals surface area (Å²) in [7, 11) is 5.12. The Morgan fingerprint density at radius 1 is 1.40 bits per heavy atom. The fraction of sp³-hybridized carbons (Fsp3) is 0.143. The molecule has 78 valence electrons. The zero-order valence-electron chi connectivity index (χ0n) is 7.01. The summed E-state index contributed by atoms with van der Waals surface area (Å²) in [6, 6.07) is 0.897. The molecule has 8 heteroatoms. The van der Waals surface area contributed by atoms with E-state index in [2.05, 4.69) is 0 Å². The zero-order valence-corrected chi connectivity index (χ0v) is 7.76. The van der Waals surface area contributed by atoms with E-state index in [-0.39, 0.29) is 0 Å². The number of nitro groups is 1. The fourth-order valence-corrected chi connectivity index (χ4v) is 1.11. The average Bonchev–Trinajstić information content (AvgIpc) is 2.06. The highest BCUT2D eigenvalue weighted by Gasteiger charge is 2.33. The molecule has 3 nitrogen and oxygen atoms in total. The van der Waals surface area contributed by atoms with Crippen LogP contribution < -0.4 is 5.46 Å². The second-order valence-electron chi connectivity index (χ2n) is 2.65. The first kappa shape index (κ1) is 11.8. The predicted octanol–water partition coefficient (Wildman–Crippen LogP) is 2.06. The molecular weight excluding hydrogens is 233 g/mol. The molecule has 0 saturated carbocycles. The molecule has 0 heterocycles. The number of hydrogen-bond acceptors (Lipinski definition) is 2. The first-order valence-electron chi connectivity index (χ1n) is 3.54. The third kappa shape index (κ3) is 2.41. The summed E-state index contributed by atoms with van der Waals surface area (Å²) in [5, 5.41) is 9.86. The van der Waals surface area contributed by atoms with Gasteiger partial charge in [-0.3, -0.25) is 10.1 Å². The Morgan fingerprint density at radius 3 is 2.33 bits per heavy atom. The van der Waals surface area contributed by atoms with E-state index in [1.807, 2.05) is 0 Å². The highest BCUT2D eigenvalue weighted by Crippen LogP contribution is 2.33. The minimum atomic E-state index is -4.69. The van der Waals surface area contributed by atoms with Gasteiger partial charge in [-0.1, -0.05) is 23.1 Å². The number of nitrogens with zero attached hydrogens (tertiary/aromatic N) is 1. The van der Waals surface area contributed by atoms with Crippen LogP contribution >= 0.6 is 11.6 Å². The van der Waals surface area contributed by atoms with Gasteiger partial charge >= 0.3 is 6.18 Å². The van der Waals surface area contributed by atoms with Gasteiger partial charge in [0.2, 0.25) is 0 Å². The second-order valence-corrected chi connectivity index (χ2v) is 3.03. The molecule has 0 saturated heterocycles. The SMILES string of the molecule is [B]c1cc(C(F)(F)F)cc([N+](=O)[O-])c1Cl. The van der Waals surface area contributed by atoms with Crippen molar-refractivity contribution in [2.24, 2.45) is 0 Å². The Labute approximate surface area is 88.4 Å². The van der Waals surface area contributed by atoms with Crippen molar-refractivity contribution < 1.29 is 18.1 Å². The van der Waals surface area contributed by atoms with E-state index < -0.39 is 32.8 Å². The van der Waals surface area contributed by atoms with Crippen LogP contribution in [0.15, 0.2) is 12.1 Å². The Morgan fingerprint density at radius 2 is 1.93 bits per heavy atom. The smallest absolute Gasteiger partial charge is 0.258 e. The predicted molar refractivity (Wildman–Crippen MR) is 48.5 cm³/mol. The fourth-order valence-electron chi connectivity index (χ4n) is 0.928. The Kier molecular flexibility index (Phi) is 2.94. The number of nitro benzene ring substituents is 1. The third-order valence-corrected chi connectivity index (χ3v) is 2.02. The highest BCUT2D eigenvalue weighted by atomic mass is 35.5. The number of rotatable bonds is 1. The van der Waals surface area contributed by atoms with Crippen molar-refractivity contribution in [3.63, 3.8) is 0 Å².